The normalized spacial score (nSPS) is 12.1. The van der Waals surface area contributed by atoms with Crippen molar-refractivity contribution in [3.8, 4) is 0 Å². The van der Waals surface area contributed by atoms with Crippen LogP contribution in [-0.2, 0) is 19.9 Å². The maximum Gasteiger partial charge on any atom is 0.249 e. The van der Waals surface area contributed by atoms with E-state index in [0.29, 0.717) is 11.3 Å². The van der Waals surface area contributed by atoms with Gasteiger partial charge < -0.3 is 5.73 Å². The first-order chi connectivity index (χ1) is 8.53. The van der Waals surface area contributed by atoms with Crippen LogP contribution in [0, 0.1) is 0 Å². The van der Waals surface area contributed by atoms with E-state index >= 15 is 0 Å². The summed E-state index contributed by atoms with van der Waals surface area (Å²) in [5, 5.41) is -0.937. The molecule has 0 amide bonds. The average molecular weight is 322 g/mol. The molecular formula is C10H14N2O4S3. The van der Waals surface area contributed by atoms with Crippen LogP contribution in [0.2, 0.25) is 0 Å². The minimum absolute atomic E-state index is 0.202. The molecule has 2 N–H and O–H groups in total. The van der Waals surface area contributed by atoms with E-state index in [1.54, 1.807) is 12.1 Å². The van der Waals surface area contributed by atoms with Crippen LogP contribution in [0.3, 0.4) is 0 Å². The summed E-state index contributed by atoms with van der Waals surface area (Å²) < 4.78 is 46.8. The molecule has 0 aromatic heterocycles. The Bertz CT molecular complexity index is 678. The van der Waals surface area contributed by atoms with Gasteiger partial charge in [0.15, 0.2) is 14.9 Å². The van der Waals surface area contributed by atoms with E-state index in [4.69, 9.17) is 18.0 Å². The first kappa shape index (κ1) is 15.9. The maximum absolute atomic E-state index is 11.9. The third-order valence-electron chi connectivity index (χ3n) is 2.30. The monoisotopic (exact) mass is 322 g/mol. The minimum atomic E-state index is -3.92. The zero-order valence-electron chi connectivity index (χ0n) is 10.4. The highest BCUT2D eigenvalue weighted by Crippen LogP contribution is 2.18. The van der Waals surface area contributed by atoms with Gasteiger partial charge in [0.1, 0.15) is 4.99 Å². The van der Waals surface area contributed by atoms with Crippen LogP contribution in [0.4, 0.5) is 5.69 Å². The molecule has 9 heteroatoms. The van der Waals surface area contributed by atoms with E-state index in [-0.39, 0.29) is 4.99 Å². The molecule has 0 unspecified atom stereocenters. The molecule has 1 rings (SSSR count). The summed E-state index contributed by atoms with van der Waals surface area (Å²) in [5.41, 5.74) is 6.37. The van der Waals surface area contributed by atoms with Crippen LogP contribution in [0.5, 0.6) is 0 Å². The largest absolute Gasteiger partial charge is 0.389 e. The summed E-state index contributed by atoms with van der Waals surface area (Å²) in [4.78, 5) is 0.202. The molecule has 0 aliphatic heterocycles. The topological polar surface area (TPSA) is 97.5 Å². The number of hydrogen-bond acceptors (Lipinski definition) is 5. The number of rotatable bonds is 5. The second kappa shape index (κ2) is 5.43. The highest BCUT2D eigenvalue weighted by Gasteiger charge is 2.23. The van der Waals surface area contributed by atoms with Crippen LogP contribution in [-0.4, -0.2) is 40.2 Å². The molecule has 0 saturated carbocycles. The van der Waals surface area contributed by atoms with Crippen molar-refractivity contribution in [3.63, 3.8) is 0 Å². The van der Waals surface area contributed by atoms with Crippen LogP contribution < -0.4 is 10.0 Å². The molecule has 1 aromatic rings. The van der Waals surface area contributed by atoms with Crippen LogP contribution >= 0.6 is 12.2 Å². The molecule has 19 heavy (non-hydrogen) atoms. The summed E-state index contributed by atoms with van der Waals surface area (Å²) in [7, 11) is -6.26. The Kier molecular flexibility index (Phi) is 4.54. The van der Waals surface area contributed by atoms with Gasteiger partial charge in [-0.3, -0.25) is 4.31 Å². The molecule has 0 bridgehead atoms. The first-order valence-electron chi connectivity index (χ1n) is 5.07. The Balaban J connectivity index is 3.06. The molecule has 6 nitrogen and oxygen atoms in total. The molecule has 1 aromatic carbocycles. The standard InChI is InChI=1S/C10H14N2O4S3/c1-12(19(15,16)7-18(2,13)14)9-5-3-8(4-6-9)10(11)17/h3-6H,7H2,1-2H3,(H2,11,17). The lowest BCUT2D eigenvalue weighted by atomic mass is 10.2. The number of nitrogens with zero attached hydrogens (tertiary/aromatic N) is 1. The van der Waals surface area contributed by atoms with Gasteiger partial charge in [0.2, 0.25) is 10.0 Å². The van der Waals surface area contributed by atoms with Crippen molar-refractivity contribution in [1.82, 2.24) is 0 Å². The van der Waals surface area contributed by atoms with Gasteiger partial charge in [0, 0.05) is 18.9 Å². The lowest BCUT2D eigenvalue weighted by Gasteiger charge is -2.19. The predicted octanol–water partition coefficient (Wildman–Crippen LogP) is 0.0889. The van der Waals surface area contributed by atoms with Gasteiger partial charge >= 0.3 is 0 Å². The Morgan fingerprint density at radius 3 is 2.05 bits per heavy atom. The Hall–Kier alpha value is -1.19. The number of benzene rings is 1. The second-order valence-electron chi connectivity index (χ2n) is 4.03. The Labute approximate surface area is 118 Å². The highest BCUT2D eigenvalue weighted by molar-refractivity contribution is 8.08. The quantitative estimate of drug-likeness (QED) is 0.772. The number of nitrogens with two attached hydrogens (primary N) is 1. The Morgan fingerprint density at radius 1 is 1.21 bits per heavy atom. The van der Waals surface area contributed by atoms with Crippen LogP contribution in [0.15, 0.2) is 24.3 Å². The summed E-state index contributed by atoms with van der Waals surface area (Å²) in [6.45, 7) is 0. The van der Waals surface area contributed by atoms with Crippen molar-refractivity contribution in [2.75, 3.05) is 22.7 Å². The van der Waals surface area contributed by atoms with Crippen LogP contribution in [0.25, 0.3) is 0 Å². The van der Waals surface area contributed by atoms with Gasteiger partial charge in [-0.15, -0.1) is 0 Å². The lowest BCUT2D eigenvalue weighted by molar-refractivity contribution is 0.590. The van der Waals surface area contributed by atoms with E-state index in [1.807, 2.05) is 0 Å². The molecule has 0 spiro atoms. The van der Waals surface area contributed by atoms with E-state index in [9.17, 15) is 16.8 Å². The number of sulfonamides is 1. The fourth-order valence-electron chi connectivity index (χ4n) is 1.35. The summed E-state index contributed by atoms with van der Waals surface area (Å²) in [5.74, 6) is 0. The third-order valence-corrected chi connectivity index (χ3v) is 6.48. The number of hydrogen-bond donors (Lipinski definition) is 1. The summed E-state index contributed by atoms with van der Waals surface area (Å²) in [6, 6.07) is 6.16. The smallest absolute Gasteiger partial charge is 0.249 e. The van der Waals surface area contributed by atoms with Crippen molar-refractivity contribution in [3.05, 3.63) is 29.8 Å². The number of anilines is 1. The van der Waals surface area contributed by atoms with Gasteiger partial charge in [-0.05, 0) is 24.3 Å². The number of thiocarbonyl (C=S) groups is 1. The van der Waals surface area contributed by atoms with Crippen molar-refractivity contribution >= 4 is 42.8 Å². The number of sulfone groups is 1. The minimum Gasteiger partial charge on any atom is -0.389 e. The third kappa shape index (κ3) is 4.44. The van der Waals surface area contributed by atoms with Crippen LogP contribution in [0.1, 0.15) is 5.56 Å². The van der Waals surface area contributed by atoms with Gasteiger partial charge in [-0.1, -0.05) is 12.2 Å². The lowest BCUT2D eigenvalue weighted by Crippen LogP contribution is -2.32. The molecule has 0 saturated heterocycles. The second-order valence-corrected chi connectivity index (χ2v) is 8.98. The van der Waals surface area contributed by atoms with E-state index in [2.05, 4.69) is 0 Å². The van der Waals surface area contributed by atoms with Gasteiger partial charge in [0.25, 0.3) is 0 Å². The predicted molar refractivity (Wildman–Crippen MR) is 79.4 cm³/mol. The zero-order chi connectivity index (χ0) is 14.8. The molecular weight excluding hydrogens is 308 g/mol. The molecule has 0 atom stereocenters. The molecule has 0 aliphatic rings. The van der Waals surface area contributed by atoms with E-state index in [1.165, 1.54) is 19.2 Å². The summed E-state index contributed by atoms with van der Waals surface area (Å²) in [6.07, 6.45) is 0.869. The SMILES string of the molecule is CN(c1ccc(C(N)=S)cc1)S(=O)(=O)CS(C)(=O)=O. The Morgan fingerprint density at radius 2 is 1.68 bits per heavy atom. The molecule has 0 aliphatic carbocycles. The van der Waals surface area contributed by atoms with E-state index in [0.717, 1.165) is 10.6 Å². The molecule has 0 heterocycles. The highest BCUT2D eigenvalue weighted by atomic mass is 32.3. The molecule has 0 radical (unpaired) electrons. The summed E-state index contributed by atoms with van der Waals surface area (Å²) >= 11 is 4.78. The van der Waals surface area contributed by atoms with Crippen molar-refractivity contribution in [2.45, 2.75) is 0 Å². The van der Waals surface area contributed by atoms with Crippen molar-refractivity contribution < 1.29 is 16.8 Å². The average Bonchev–Trinajstić information content (AvgIpc) is 2.25. The molecule has 0 fully saturated rings. The zero-order valence-corrected chi connectivity index (χ0v) is 12.8. The fraction of sp³-hybridized carbons (Fsp3) is 0.300. The fourth-order valence-corrected chi connectivity index (χ4v) is 4.72. The van der Waals surface area contributed by atoms with E-state index < -0.39 is 24.9 Å². The van der Waals surface area contributed by atoms with Gasteiger partial charge in [-0.25, -0.2) is 16.8 Å². The molecule has 106 valence electrons. The van der Waals surface area contributed by atoms with Crippen molar-refractivity contribution in [1.29, 1.82) is 0 Å². The maximum atomic E-state index is 11.9. The first-order valence-corrected chi connectivity index (χ1v) is 9.15. The van der Waals surface area contributed by atoms with Gasteiger partial charge in [0.05, 0.1) is 5.69 Å². The van der Waals surface area contributed by atoms with Crippen molar-refractivity contribution in [2.24, 2.45) is 5.73 Å². The van der Waals surface area contributed by atoms with Gasteiger partial charge in [-0.2, -0.15) is 0 Å².